The molecular formula is C13H22N2O2S. The highest BCUT2D eigenvalue weighted by Crippen LogP contribution is 2.20. The van der Waals surface area contributed by atoms with E-state index in [0.29, 0.717) is 23.0 Å². The quantitative estimate of drug-likeness (QED) is 0.835. The van der Waals surface area contributed by atoms with Gasteiger partial charge in [0.15, 0.2) is 0 Å². The lowest BCUT2D eigenvalue weighted by Crippen LogP contribution is -2.28. The maximum absolute atomic E-state index is 12.3. The van der Waals surface area contributed by atoms with Crippen LogP contribution in [0.3, 0.4) is 0 Å². The van der Waals surface area contributed by atoms with Gasteiger partial charge in [-0.25, -0.2) is 12.7 Å². The first-order valence-electron chi connectivity index (χ1n) is 6.07. The van der Waals surface area contributed by atoms with Crippen molar-refractivity contribution in [3.05, 3.63) is 23.8 Å². The molecule has 0 fully saturated rings. The van der Waals surface area contributed by atoms with Gasteiger partial charge in [0.1, 0.15) is 0 Å². The molecule has 0 amide bonds. The summed E-state index contributed by atoms with van der Waals surface area (Å²) in [4.78, 5) is 0.306. The maximum Gasteiger partial charge on any atom is 0.242 e. The molecule has 0 atom stereocenters. The van der Waals surface area contributed by atoms with Crippen molar-refractivity contribution < 1.29 is 8.42 Å². The van der Waals surface area contributed by atoms with Crippen LogP contribution in [0.4, 0.5) is 5.69 Å². The summed E-state index contributed by atoms with van der Waals surface area (Å²) >= 11 is 0. The van der Waals surface area contributed by atoms with Gasteiger partial charge in [-0.1, -0.05) is 13.8 Å². The van der Waals surface area contributed by atoms with Crippen molar-refractivity contribution in [1.29, 1.82) is 0 Å². The van der Waals surface area contributed by atoms with E-state index in [1.165, 1.54) is 4.31 Å². The first-order chi connectivity index (χ1) is 8.25. The van der Waals surface area contributed by atoms with Gasteiger partial charge < -0.3 is 5.73 Å². The second kappa shape index (κ2) is 5.71. The topological polar surface area (TPSA) is 63.4 Å². The Bertz CT molecular complexity index is 510. The minimum absolute atomic E-state index is 0.306. The van der Waals surface area contributed by atoms with E-state index < -0.39 is 10.0 Å². The van der Waals surface area contributed by atoms with Crippen LogP contribution in [0.2, 0.25) is 0 Å². The lowest BCUT2D eigenvalue weighted by atomic mass is 10.1. The fourth-order valence-corrected chi connectivity index (χ4v) is 2.82. The first-order valence-corrected chi connectivity index (χ1v) is 7.51. The molecule has 4 nitrogen and oxygen atoms in total. The number of anilines is 1. The number of hydrogen-bond acceptors (Lipinski definition) is 3. The summed E-state index contributed by atoms with van der Waals surface area (Å²) in [5.41, 5.74) is 7.09. The van der Waals surface area contributed by atoms with Crippen LogP contribution in [0.25, 0.3) is 0 Å². The summed E-state index contributed by atoms with van der Waals surface area (Å²) in [6, 6.07) is 4.82. The zero-order valence-corrected chi connectivity index (χ0v) is 12.3. The summed E-state index contributed by atoms with van der Waals surface area (Å²) in [6.45, 7) is 6.49. The standard InChI is InChI=1S/C13H22N2O2S/c1-10(2)7-8-15(4)18(16,17)12-5-6-13(14)11(3)9-12/h5-6,9-10H,7-8,14H2,1-4H3. The van der Waals surface area contributed by atoms with Crippen LogP contribution in [0, 0.1) is 12.8 Å². The normalized spacial score (nSPS) is 12.3. The first kappa shape index (κ1) is 15.0. The van der Waals surface area contributed by atoms with Crippen molar-refractivity contribution in [3.8, 4) is 0 Å². The molecule has 18 heavy (non-hydrogen) atoms. The minimum Gasteiger partial charge on any atom is -0.399 e. The highest BCUT2D eigenvalue weighted by atomic mass is 32.2. The lowest BCUT2D eigenvalue weighted by Gasteiger charge is -2.18. The van der Waals surface area contributed by atoms with Crippen molar-refractivity contribution >= 4 is 15.7 Å². The van der Waals surface area contributed by atoms with Crippen molar-refractivity contribution in [2.75, 3.05) is 19.3 Å². The average molecular weight is 270 g/mol. The largest absolute Gasteiger partial charge is 0.399 e. The second-order valence-corrected chi connectivity index (χ2v) is 7.07. The van der Waals surface area contributed by atoms with E-state index in [0.717, 1.165) is 12.0 Å². The summed E-state index contributed by atoms with van der Waals surface area (Å²) in [6.07, 6.45) is 0.851. The maximum atomic E-state index is 12.3. The van der Waals surface area contributed by atoms with E-state index >= 15 is 0 Å². The SMILES string of the molecule is Cc1cc(S(=O)(=O)N(C)CCC(C)C)ccc1N. The van der Waals surface area contributed by atoms with Gasteiger partial charge in [0, 0.05) is 19.3 Å². The Morgan fingerprint density at radius 1 is 1.33 bits per heavy atom. The molecule has 0 saturated carbocycles. The van der Waals surface area contributed by atoms with E-state index in [4.69, 9.17) is 5.73 Å². The number of sulfonamides is 1. The predicted octanol–water partition coefficient (Wildman–Crippen LogP) is 2.24. The van der Waals surface area contributed by atoms with Crippen molar-refractivity contribution in [2.24, 2.45) is 5.92 Å². The van der Waals surface area contributed by atoms with E-state index in [1.54, 1.807) is 25.2 Å². The number of aryl methyl sites for hydroxylation is 1. The van der Waals surface area contributed by atoms with Gasteiger partial charge in [-0.3, -0.25) is 0 Å². The molecule has 1 aromatic carbocycles. The Morgan fingerprint density at radius 3 is 2.44 bits per heavy atom. The smallest absolute Gasteiger partial charge is 0.242 e. The van der Waals surface area contributed by atoms with Gasteiger partial charge in [0.2, 0.25) is 10.0 Å². The van der Waals surface area contributed by atoms with E-state index in [-0.39, 0.29) is 0 Å². The van der Waals surface area contributed by atoms with Crippen molar-refractivity contribution in [3.63, 3.8) is 0 Å². The highest BCUT2D eigenvalue weighted by molar-refractivity contribution is 7.89. The van der Waals surface area contributed by atoms with E-state index in [1.807, 2.05) is 6.92 Å². The molecule has 102 valence electrons. The monoisotopic (exact) mass is 270 g/mol. The minimum atomic E-state index is -3.40. The molecule has 0 aromatic heterocycles. The number of nitrogens with zero attached hydrogens (tertiary/aromatic N) is 1. The molecule has 0 heterocycles. The fraction of sp³-hybridized carbons (Fsp3) is 0.538. The molecule has 1 rings (SSSR count). The third kappa shape index (κ3) is 3.46. The molecule has 0 radical (unpaired) electrons. The number of nitrogen functional groups attached to an aromatic ring is 1. The van der Waals surface area contributed by atoms with Crippen LogP contribution in [0.5, 0.6) is 0 Å². The second-order valence-electron chi connectivity index (χ2n) is 5.03. The summed E-state index contributed by atoms with van der Waals surface area (Å²) in [7, 11) is -1.78. The summed E-state index contributed by atoms with van der Waals surface area (Å²) < 4.78 is 26.0. The third-order valence-electron chi connectivity index (χ3n) is 2.97. The molecule has 0 aliphatic rings. The van der Waals surface area contributed by atoms with E-state index in [9.17, 15) is 8.42 Å². The third-order valence-corrected chi connectivity index (χ3v) is 4.82. The van der Waals surface area contributed by atoms with Crippen LogP contribution in [0.1, 0.15) is 25.8 Å². The molecule has 5 heteroatoms. The highest BCUT2D eigenvalue weighted by Gasteiger charge is 2.20. The van der Waals surface area contributed by atoms with Gasteiger partial charge in [0.25, 0.3) is 0 Å². The van der Waals surface area contributed by atoms with Crippen molar-refractivity contribution in [1.82, 2.24) is 4.31 Å². The summed E-state index contributed by atoms with van der Waals surface area (Å²) in [5.74, 6) is 0.482. The van der Waals surface area contributed by atoms with Crippen LogP contribution >= 0.6 is 0 Å². The van der Waals surface area contributed by atoms with Gasteiger partial charge in [0.05, 0.1) is 4.90 Å². The molecular weight excluding hydrogens is 248 g/mol. The molecule has 1 aromatic rings. The molecule has 0 aliphatic heterocycles. The Labute approximate surface area is 110 Å². The number of hydrogen-bond donors (Lipinski definition) is 1. The van der Waals surface area contributed by atoms with Crippen LogP contribution in [0.15, 0.2) is 23.1 Å². The van der Waals surface area contributed by atoms with Crippen LogP contribution < -0.4 is 5.73 Å². The van der Waals surface area contributed by atoms with Crippen LogP contribution in [-0.4, -0.2) is 26.3 Å². The fourth-order valence-electron chi connectivity index (χ4n) is 1.55. The van der Waals surface area contributed by atoms with Gasteiger partial charge >= 0.3 is 0 Å². The number of rotatable bonds is 5. The summed E-state index contributed by atoms with van der Waals surface area (Å²) in [5, 5.41) is 0. The Morgan fingerprint density at radius 2 is 1.94 bits per heavy atom. The zero-order chi connectivity index (χ0) is 13.9. The Balaban J connectivity index is 2.95. The number of benzene rings is 1. The molecule has 0 bridgehead atoms. The Hall–Kier alpha value is -1.07. The number of nitrogens with two attached hydrogens (primary N) is 1. The molecule has 0 unspecified atom stereocenters. The molecule has 0 saturated heterocycles. The van der Waals surface area contributed by atoms with Gasteiger partial charge in [-0.05, 0) is 43.0 Å². The molecule has 0 aliphatic carbocycles. The van der Waals surface area contributed by atoms with Gasteiger partial charge in [-0.15, -0.1) is 0 Å². The predicted molar refractivity (Wildman–Crippen MR) is 74.9 cm³/mol. The Kier molecular flexibility index (Phi) is 4.76. The molecule has 2 N–H and O–H groups in total. The lowest BCUT2D eigenvalue weighted by molar-refractivity contribution is 0.428. The van der Waals surface area contributed by atoms with E-state index in [2.05, 4.69) is 13.8 Å². The van der Waals surface area contributed by atoms with Crippen molar-refractivity contribution in [2.45, 2.75) is 32.1 Å². The average Bonchev–Trinajstić information content (AvgIpc) is 2.29. The molecule has 0 spiro atoms. The van der Waals surface area contributed by atoms with Gasteiger partial charge in [-0.2, -0.15) is 0 Å². The van der Waals surface area contributed by atoms with Crippen LogP contribution in [-0.2, 0) is 10.0 Å². The zero-order valence-electron chi connectivity index (χ0n) is 11.5.